The normalized spacial score (nSPS) is 17.5. The van der Waals surface area contributed by atoms with Crippen molar-refractivity contribution < 1.29 is 19.5 Å². The highest BCUT2D eigenvalue weighted by Crippen LogP contribution is 2.15. The number of pyridine rings is 1. The lowest BCUT2D eigenvalue weighted by atomic mass is 10.1. The predicted octanol–water partition coefficient (Wildman–Crippen LogP) is 3.14. The maximum atomic E-state index is 11.2. The number of para-hydroxylation sites is 1. The molecule has 26 heavy (non-hydrogen) atoms. The molecule has 2 heterocycles. The highest BCUT2D eigenvalue weighted by Gasteiger charge is 2.16. The molecular weight excluding hydrogens is 334 g/mol. The monoisotopic (exact) mass is 355 g/mol. The predicted molar refractivity (Wildman–Crippen MR) is 97.3 cm³/mol. The molecule has 2 N–H and O–H groups in total. The van der Waals surface area contributed by atoms with Crippen molar-refractivity contribution in [3.05, 3.63) is 59.9 Å². The van der Waals surface area contributed by atoms with Crippen molar-refractivity contribution in [3.63, 3.8) is 0 Å². The smallest absolute Gasteiger partial charge is 0.335 e. The summed E-state index contributed by atoms with van der Waals surface area (Å²) < 4.78 is 5.52. The van der Waals surface area contributed by atoms with Crippen LogP contribution in [0.5, 0.6) is 0 Å². The maximum absolute atomic E-state index is 11.2. The minimum Gasteiger partial charge on any atom is -0.478 e. The molecular formula is C19H21N3O4. The van der Waals surface area contributed by atoms with E-state index in [-0.39, 0.29) is 11.9 Å². The zero-order valence-electron chi connectivity index (χ0n) is 14.3. The van der Waals surface area contributed by atoms with Crippen LogP contribution in [0.3, 0.4) is 0 Å². The van der Waals surface area contributed by atoms with Gasteiger partial charge >= 0.3 is 5.97 Å². The summed E-state index contributed by atoms with van der Waals surface area (Å²) >= 11 is 0. The fourth-order valence-corrected chi connectivity index (χ4v) is 2.55. The molecule has 1 unspecified atom stereocenters. The molecule has 3 rings (SSSR count). The molecule has 1 aliphatic heterocycles. The maximum Gasteiger partial charge on any atom is 0.335 e. The lowest BCUT2D eigenvalue weighted by Gasteiger charge is -2.20. The zero-order valence-corrected chi connectivity index (χ0v) is 14.3. The van der Waals surface area contributed by atoms with Crippen LogP contribution in [-0.4, -0.2) is 41.2 Å². The van der Waals surface area contributed by atoms with Crippen LogP contribution >= 0.6 is 0 Å². The summed E-state index contributed by atoms with van der Waals surface area (Å²) in [6.45, 7) is 0.997. The number of anilines is 1. The Hall–Kier alpha value is -2.93. The molecule has 0 aliphatic carbocycles. The Labute approximate surface area is 151 Å². The SMILES string of the molecule is O=C(O)c1ccnc(/C(CNc2ccccc2)=N/OC2CCCCO2)c1. The van der Waals surface area contributed by atoms with Crippen molar-refractivity contribution in [3.8, 4) is 0 Å². The van der Waals surface area contributed by atoms with E-state index < -0.39 is 5.97 Å². The third-order valence-corrected chi connectivity index (χ3v) is 3.95. The molecule has 0 spiro atoms. The molecule has 136 valence electrons. The summed E-state index contributed by atoms with van der Waals surface area (Å²) in [4.78, 5) is 21.0. The van der Waals surface area contributed by atoms with Gasteiger partial charge in [-0.3, -0.25) is 4.98 Å². The molecule has 0 saturated carbocycles. The minimum absolute atomic E-state index is 0.149. The fourth-order valence-electron chi connectivity index (χ4n) is 2.55. The molecule has 0 bridgehead atoms. The topological polar surface area (TPSA) is 93.0 Å². The van der Waals surface area contributed by atoms with Gasteiger partial charge in [-0.05, 0) is 37.1 Å². The van der Waals surface area contributed by atoms with Crippen molar-refractivity contribution in [2.24, 2.45) is 5.16 Å². The number of carboxylic acid groups (broad SMARTS) is 1. The molecule has 0 amide bonds. The van der Waals surface area contributed by atoms with Crippen LogP contribution in [0.1, 0.15) is 35.3 Å². The van der Waals surface area contributed by atoms with E-state index >= 15 is 0 Å². The van der Waals surface area contributed by atoms with E-state index in [1.807, 2.05) is 30.3 Å². The number of benzene rings is 1. The number of carbonyl (C=O) groups is 1. The van der Waals surface area contributed by atoms with Gasteiger partial charge in [0.15, 0.2) is 0 Å². The standard InChI is InChI=1S/C19H21N3O4/c23-19(24)14-9-10-20-16(12-14)17(13-21-15-6-2-1-3-7-15)22-26-18-8-4-5-11-25-18/h1-3,6-7,9-10,12,18,21H,4-5,8,11,13H2,(H,23,24)/b22-17+. The fraction of sp³-hybridized carbons (Fsp3) is 0.316. The van der Waals surface area contributed by atoms with E-state index in [0.717, 1.165) is 24.9 Å². The average molecular weight is 355 g/mol. The number of oxime groups is 1. The number of carboxylic acids is 1. The first-order valence-electron chi connectivity index (χ1n) is 8.55. The van der Waals surface area contributed by atoms with Crippen LogP contribution < -0.4 is 5.32 Å². The molecule has 1 atom stereocenters. The van der Waals surface area contributed by atoms with Gasteiger partial charge in [0.05, 0.1) is 24.4 Å². The molecule has 1 fully saturated rings. The number of aromatic carboxylic acids is 1. The van der Waals surface area contributed by atoms with Gasteiger partial charge in [0, 0.05) is 18.3 Å². The van der Waals surface area contributed by atoms with Crippen LogP contribution in [0.25, 0.3) is 0 Å². The van der Waals surface area contributed by atoms with Gasteiger partial charge in [-0.2, -0.15) is 0 Å². The third kappa shape index (κ3) is 5.03. The lowest BCUT2D eigenvalue weighted by Crippen LogP contribution is -2.23. The molecule has 1 aromatic carbocycles. The van der Waals surface area contributed by atoms with Crippen LogP contribution in [0.2, 0.25) is 0 Å². The minimum atomic E-state index is -1.01. The van der Waals surface area contributed by atoms with E-state index in [0.29, 0.717) is 24.6 Å². The van der Waals surface area contributed by atoms with Gasteiger partial charge in [-0.15, -0.1) is 0 Å². The van der Waals surface area contributed by atoms with Crippen molar-refractivity contribution in [2.75, 3.05) is 18.5 Å². The number of rotatable bonds is 7. The molecule has 1 aromatic heterocycles. The first-order valence-corrected chi connectivity index (χ1v) is 8.55. The first kappa shape index (κ1) is 17.9. The Kier molecular flexibility index (Phi) is 6.16. The Morgan fingerprint density at radius 2 is 2.15 bits per heavy atom. The zero-order chi connectivity index (χ0) is 18.2. The number of nitrogens with one attached hydrogen (secondary N) is 1. The summed E-state index contributed by atoms with van der Waals surface area (Å²) in [7, 11) is 0. The summed E-state index contributed by atoms with van der Waals surface area (Å²) in [5, 5.41) is 16.6. The Balaban J connectivity index is 1.77. The molecule has 7 heteroatoms. The molecule has 1 aliphatic rings. The number of ether oxygens (including phenoxy) is 1. The van der Waals surface area contributed by atoms with E-state index in [1.165, 1.54) is 18.3 Å². The highest BCUT2D eigenvalue weighted by atomic mass is 16.8. The van der Waals surface area contributed by atoms with Crippen molar-refractivity contribution in [1.82, 2.24) is 4.98 Å². The van der Waals surface area contributed by atoms with E-state index in [9.17, 15) is 9.90 Å². The highest BCUT2D eigenvalue weighted by molar-refractivity contribution is 6.02. The van der Waals surface area contributed by atoms with E-state index in [4.69, 9.17) is 9.57 Å². The van der Waals surface area contributed by atoms with Gasteiger partial charge in [0.25, 0.3) is 0 Å². The van der Waals surface area contributed by atoms with Crippen molar-refractivity contribution >= 4 is 17.4 Å². The molecule has 2 aromatic rings. The van der Waals surface area contributed by atoms with Crippen LogP contribution in [0.15, 0.2) is 53.8 Å². The summed E-state index contributed by atoms with van der Waals surface area (Å²) in [5.74, 6) is -1.01. The van der Waals surface area contributed by atoms with Crippen LogP contribution in [0, 0.1) is 0 Å². The Bertz CT molecular complexity index is 758. The van der Waals surface area contributed by atoms with Gasteiger partial charge in [-0.25, -0.2) is 4.79 Å². The lowest BCUT2D eigenvalue weighted by molar-refractivity contribution is -0.162. The van der Waals surface area contributed by atoms with Crippen molar-refractivity contribution in [2.45, 2.75) is 25.6 Å². The number of hydrogen-bond acceptors (Lipinski definition) is 6. The number of hydrogen-bond donors (Lipinski definition) is 2. The van der Waals surface area contributed by atoms with Crippen molar-refractivity contribution in [1.29, 1.82) is 0 Å². The van der Waals surface area contributed by atoms with Gasteiger partial charge in [-0.1, -0.05) is 23.4 Å². The summed E-state index contributed by atoms with van der Waals surface area (Å²) in [5.41, 5.74) is 2.02. The second-order valence-corrected chi connectivity index (χ2v) is 5.89. The Morgan fingerprint density at radius 1 is 1.31 bits per heavy atom. The quantitative estimate of drug-likeness (QED) is 0.585. The van der Waals surface area contributed by atoms with Crippen LogP contribution in [-0.2, 0) is 9.57 Å². The van der Waals surface area contributed by atoms with Gasteiger partial charge in [0.1, 0.15) is 5.71 Å². The first-order chi connectivity index (χ1) is 12.7. The van der Waals surface area contributed by atoms with Gasteiger partial charge in [0.2, 0.25) is 6.29 Å². The second kappa shape index (κ2) is 8.96. The Morgan fingerprint density at radius 3 is 2.88 bits per heavy atom. The molecule has 0 radical (unpaired) electrons. The number of nitrogens with zero attached hydrogens (tertiary/aromatic N) is 2. The van der Waals surface area contributed by atoms with E-state index in [1.54, 1.807) is 0 Å². The summed E-state index contributed by atoms with van der Waals surface area (Å²) in [6, 6.07) is 12.6. The average Bonchev–Trinajstić information content (AvgIpc) is 2.69. The van der Waals surface area contributed by atoms with E-state index in [2.05, 4.69) is 15.5 Å². The third-order valence-electron chi connectivity index (χ3n) is 3.95. The largest absolute Gasteiger partial charge is 0.478 e. The summed E-state index contributed by atoms with van der Waals surface area (Å²) in [6.07, 6.45) is 3.91. The van der Waals surface area contributed by atoms with Gasteiger partial charge < -0.3 is 20.0 Å². The molecule has 1 saturated heterocycles. The number of aromatic nitrogens is 1. The molecule has 7 nitrogen and oxygen atoms in total. The second-order valence-electron chi connectivity index (χ2n) is 5.89. The van der Waals surface area contributed by atoms with Crippen LogP contribution in [0.4, 0.5) is 5.69 Å².